The summed E-state index contributed by atoms with van der Waals surface area (Å²) in [4.78, 5) is 1.13. The van der Waals surface area contributed by atoms with Gasteiger partial charge in [0.25, 0.3) is 0 Å². The fourth-order valence-electron chi connectivity index (χ4n) is 3.02. The lowest BCUT2D eigenvalue weighted by Gasteiger charge is -2.30. The van der Waals surface area contributed by atoms with Gasteiger partial charge in [0, 0.05) is 22.4 Å². The van der Waals surface area contributed by atoms with Crippen LogP contribution in [0.2, 0.25) is 0 Å². The molecule has 1 unspecified atom stereocenters. The molecule has 2 aromatic rings. The number of hydrogen-bond donors (Lipinski definition) is 1. The molecule has 0 aromatic heterocycles. The van der Waals surface area contributed by atoms with Gasteiger partial charge in [0.15, 0.2) is 0 Å². The summed E-state index contributed by atoms with van der Waals surface area (Å²) in [6.07, 6.45) is 4.31. The molecule has 2 N–H and O–H groups in total. The topological polar surface area (TPSA) is 69.4 Å². The molecule has 3 rings (SSSR count). The zero-order chi connectivity index (χ0) is 17.3. The van der Waals surface area contributed by atoms with Gasteiger partial charge >= 0.3 is 0 Å². The average molecular weight is 361 g/mol. The summed E-state index contributed by atoms with van der Waals surface area (Å²) < 4.78 is 29.0. The zero-order valence-corrected chi connectivity index (χ0v) is 15.0. The second-order valence-corrected chi connectivity index (χ2v) is 8.16. The molecular weight excluding hydrogens is 342 g/mol. The number of fused-ring (bicyclic) bond motifs is 3. The first-order valence-corrected chi connectivity index (χ1v) is 10.4. The largest absolute Gasteiger partial charge is 0.485 e. The van der Waals surface area contributed by atoms with Gasteiger partial charge < -0.3 is 4.74 Å². The molecule has 6 heteroatoms. The Morgan fingerprint density at radius 2 is 2.12 bits per heavy atom. The summed E-state index contributed by atoms with van der Waals surface area (Å²) in [5.41, 5.74) is 3.78. The number of hydrogen-bond acceptors (Lipinski definition) is 4. The first-order valence-electron chi connectivity index (χ1n) is 7.51. The molecule has 2 aromatic carbocycles. The molecule has 0 fully saturated rings. The van der Waals surface area contributed by atoms with Gasteiger partial charge in [-0.2, -0.15) is 0 Å². The van der Waals surface area contributed by atoms with Crippen LogP contribution in [0, 0.1) is 0 Å². The summed E-state index contributed by atoms with van der Waals surface area (Å²) in [5.74, 6) is 0.665. The molecule has 0 saturated carbocycles. The van der Waals surface area contributed by atoms with Crippen LogP contribution in [0.1, 0.15) is 23.7 Å². The Kier molecular flexibility index (Phi) is 4.71. The van der Waals surface area contributed by atoms with Gasteiger partial charge in [-0.25, -0.2) is 13.6 Å². The summed E-state index contributed by atoms with van der Waals surface area (Å²) in [5, 5.41) is 5.18. The molecule has 24 heavy (non-hydrogen) atoms. The smallest absolute Gasteiger partial charge is 0.213 e. The summed E-state index contributed by atoms with van der Waals surface area (Å²) in [6, 6.07) is 11.7. The van der Waals surface area contributed by atoms with E-state index in [2.05, 4.69) is 12.6 Å². The van der Waals surface area contributed by atoms with E-state index in [9.17, 15) is 8.42 Å². The molecule has 4 nitrogen and oxygen atoms in total. The predicted octanol–water partition coefficient (Wildman–Crippen LogP) is 3.87. The molecule has 1 aliphatic heterocycles. The fraction of sp³-hybridized carbons (Fsp3) is 0.222. The van der Waals surface area contributed by atoms with E-state index in [0.29, 0.717) is 12.0 Å². The third-order valence-corrected chi connectivity index (χ3v) is 5.47. The third kappa shape index (κ3) is 3.36. The number of nitrogens with two attached hydrogens (primary N) is 1. The highest BCUT2D eigenvalue weighted by molar-refractivity contribution is 7.98. The molecule has 0 spiro atoms. The van der Waals surface area contributed by atoms with Gasteiger partial charge in [-0.1, -0.05) is 30.3 Å². The maximum Gasteiger partial charge on any atom is 0.213 e. The van der Waals surface area contributed by atoms with Gasteiger partial charge in [0.1, 0.15) is 11.9 Å². The second kappa shape index (κ2) is 6.63. The summed E-state index contributed by atoms with van der Waals surface area (Å²) in [7, 11) is -3.57. The Morgan fingerprint density at radius 1 is 1.33 bits per heavy atom. The minimum Gasteiger partial charge on any atom is -0.485 e. The molecule has 0 bridgehead atoms. The number of sulfonamides is 1. The quantitative estimate of drug-likeness (QED) is 0.648. The van der Waals surface area contributed by atoms with E-state index in [1.807, 2.05) is 42.7 Å². The Bertz CT molecular complexity index is 891. The predicted molar refractivity (Wildman–Crippen MR) is 98.7 cm³/mol. The molecule has 1 atom stereocenters. The Labute approximate surface area is 146 Å². The third-order valence-electron chi connectivity index (χ3n) is 3.96. The number of thioether (sulfide) groups is 1. The lowest BCUT2D eigenvalue weighted by molar-refractivity contribution is 0.205. The highest BCUT2D eigenvalue weighted by atomic mass is 32.2. The molecule has 0 radical (unpaired) electrons. The van der Waals surface area contributed by atoms with Crippen LogP contribution in [-0.2, 0) is 15.8 Å². The number of primary sulfonamides is 1. The normalized spacial score (nSPS) is 16.0. The van der Waals surface area contributed by atoms with Crippen molar-refractivity contribution < 1.29 is 13.2 Å². The molecule has 1 heterocycles. The van der Waals surface area contributed by atoms with Crippen LogP contribution < -0.4 is 9.88 Å². The Hall–Kier alpha value is -1.76. The Morgan fingerprint density at radius 3 is 2.79 bits per heavy atom. The maximum atomic E-state index is 11.4. The van der Waals surface area contributed by atoms with Gasteiger partial charge in [-0.05, 0) is 29.5 Å². The van der Waals surface area contributed by atoms with Crippen LogP contribution in [0.15, 0.2) is 53.9 Å². The van der Waals surface area contributed by atoms with Crippen LogP contribution in [0.3, 0.4) is 0 Å². The lowest BCUT2D eigenvalue weighted by Crippen LogP contribution is -2.17. The van der Waals surface area contributed by atoms with E-state index in [4.69, 9.17) is 9.88 Å². The summed E-state index contributed by atoms with van der Waals surface area (Å²) >= 11 is 1.66. The fourth-order valence-corrected chi connectivity index (χ4v) is 4.29. The first kappa shape index (κ1) is 17.1. The zero-order valence-electron chi connectivity index (χ0n) is 13.4. The van der Waals surface area contributed by atoms with E-state index in [-0.39, 0.29) is 11.9 Å². The summed E-state index contributed by atoms with van der Waals surface area (Å²) in [6.45, 7) is 3.80. The van der Waals surface area contributed by atoms with E-state index < -0.39 is 10.0 Å². The van der Waals surface area contributed by atoms with Gasteiger partial charge in [0.05, 0.1) is 5.75 Å². The van der Waals surface area contributed by atoms with E-state index in [1.165, 1.54) is 0 Å². The maximum absolute atomic E-state index is 11.4. The van der Waals surface area contributed by atoms with Crippen LogP contribution in [-0.4, -0.2) is 14.7 Å². The van der Waals surface area contributed by atoms with Crippen LogP contribution in [0.25, 0.3) is 11.1 Å². The van der Waals surface area contributed by atoms with Crippen molar-refractivity contribution in [3.05, 3.63) is 60.2 Å². The molecule has 1 aliphatic rings. The second-order valence-electron chi connectivity index (χ2n) is 5.69. The van der Waals surface area contributed by atoms with Gasteiger partial charge in [0.2, 0.25) is 10.0 Å². The van der Waals surface area contributed by atoms with E-state index >= 15 is 0 Å². The van der Waals surface area contributed by atoms with Crippen molar-refractivity contribution in [2.75, 3.05) is 6.26 Å². The molecule has 126 valence electrons. The minimum absolute atomic E-state index is 0.178. The van der Waals surface area contributed by atoms with Crippen molar-refractivity contribution >= 4 is 21.8 Å². The molecular formula is C18H19NO3S2. The highest BCUT2D eigenvalue weighted by Gasteiger charge is 2.27. The monoisotopic (exact) mass is 361 g/mol. The van der Waals surface area contributed by atoms with Gasteiger partial charge in [-0.3, -0.25) is 0 Å². The first-order chi connectivity index (χ1) is 11.4. The van der Waals surface area contributed by atoms with Crippen LogP contribution in [0.5, 0.6) is 5.75 Å². The molecule has 0 amide bonds. The van der Waals surface area contributed by atoms with Crippen molar-refractivity contribution in [2.24, 2.45) is 5.14 Å². The number of benzene rings is 2. The average Bonchev–Trinajstić information content (AvgIpc) is 2.53. The van der Waals surface area contributed by atoms with Crippen molar-refractivity contribution in [1.82, 2.24) is 0 Å². The standard InChI is InChI=1S/C18H19NO3S2/c1-3-5-15-14-10-12(11-24(19,20)21)8-9-13(14)18-16(22-15)6-4-7-17(18)23-2/h3-4,6-10,15H,1,5,11H2,2H3,(H2,19,20,21). The lowest BCUT2D eigenvalue weighted by atomic mass is 9.90. The Balaban J connectivity index is 2.17. The minimum atomic E-state index is -3.57. The highest BCUT2D eigenvalue weighted by Crippen LogP contribution is 2.47. The van der Waals surface area contributed by atoms with Gasteiger partial charge in [-0.15, -0.1) is 18.3 Å². The SMILES string of the molecule is C=CCC1Oc2cccc(SC)c2-c2ccc(CS(N)(=O)=O)cc21. The van der Waals surface area contributed by atoms with Crippen molar-refractivity contribution in [3.8, 4) is 16.9 Å². The molecule has 0 aliphatic carbocycles. The van der Waals surface area contributed by atoms with Crippen molar-refractivity contribution in [1.29, 1.82) is 0 Å². The van der Waals surface area contributed by atoms with Crippen molar-refractivity contribution in [2.45, 2.75) is 23.2 Å². The van der Waals surface area contributed by atoms with Crippen LogP contribution in [0.4, 0.5) is 0 Å². The number of ether oxygens (including phenoxy) is 1. The van der Waals surface area contributed by atoms with Crippen molar-refractivity contribution in [3.63, 3.8) is 0 Å². The molecule has 0 saturated heterocycles. The number of rotatable bonds is 5. The van der Waals surface area contributed by atoms with E-state index in [1.54, 1.807) is 11.8 Å². The van der Waals surface area contributed by atoms with Crippen LogP contribution >= 0.6 is 11.8 Å². The van der Waals surface area contributed by atoms with E-state index in [0.717, 1.165) is 27.3 Å².